The third-order valence-corrected chi connectivity index (χ3v) is 2.81. The van der Waals surface area contributed by atoms with Crippen LogP contribution in [0.5, 0.6) is 0 Å². The number of benzene rings is 1. The Balaban J connectivity index is 2.11. The second-order valence-electron chi connectivity index (χ2n) is 4.39. The lowest BCUT2D eigenvalue weighted by Gasteiger charge is -2.08. The summed E-state index contributed by atoms with van der Waals surface area (Å²) in [5, 5.41) is 2.97. The largest absolute Gasteiger partial charge is 0.375 e. The fourth-order valence-electron chi connectivity index (χ4n) is 1.83. The van der Waals surface area contributed by atoms with Crippen LogP contribution in [0.3, 0.4) is 0 Å². The molecule has 2 rings (SSSR count). The first-order valence-corrected chi connectivity index (χ1v) is 6.66. The molecule has 1 aromatic heterocycles. The number of ether oxygens (including phenoxy) is 1. The van der Waals surface area contributed by atoms with E-state index in [4.69, 9.17) is 4.74 Å². The molecule has 0 unspecified atom stereocenters. The second-order valence-corrected chi connectivity index (χ2v) is 4.39. The van der Waals surface area contributed by atoms with Crippen LogP contribution in [0.15, 0.2) is 36.4 Å². The van der Waals surface area contributed by atoms with Gasteiger partial charge in [0.1, 0.15) is 18.2 Å². The molecular weight excluding hydrogens is 276 g/mol. The summed E-state index contributed by atoms with van der Waals surface area (Å²) >= 11 is 0. The number of hydrogen-bond donors (Lipinski definition) is 1. The number of hydrogen-bond acceptors (Lipinski definition) is 4. The summed E-state index contributed by atoms with van der Waals surface area (Å²) in [7, 11) is 1.77. The van der Waals surface area contributed by atoms with Crippen LogP contribution in [0.25, 0.3) is 11.3 Å². The first-order valence-electron chi connectivity index (χ1n) is 6.66. The lowest BCUT2D eigenvalue weighted by atomic mass is 10.1. The maximum atomic E-state index is 12.0. The van der Waals surface area contributed by atoms with Crippen LogP contribution in [-0.4, -0.2) is 36.7 Å². The summed E-state index contributed by atoms with van der Waals surface area (Å²) in [6.45, 7) is -0.386. The molecule has 2 aromatic rings. The van der Waals surface area contributed by atoms with E-state index in [9.17, 15) is 8.78 Å². The summed E-state index contributed by atoms with van der Waals surface area (Å²) < 4.78 is 28.9. The van der Waals surface area contributed by atoms with Gasteiger partial charge in [-0.2, -0.15) is 0 Å². The van der Waals surface area contributed by atoms with E-state index in [1.165, 1.54) is 0 Å². The van der Waals surface area contributed by atoms with Crippen LogP contribution in [-0.2, 0) is 11.2 Å². The second kappa shape index (κ2) is 7.64. The first kappa shape index (κ1) is 15.3. The number of rotatable bonds is 7. The van der Waals surface area contributed by atoms with Crippen molar-refractivity contribution in [2.75, 3.05) is 25.6 Å². The molecule has 0 aliphatic heterocycles. The maximum absolute atomic E-state index is 12.0. The van der Waals surface area contributed by atoms with E-state index in [1.54, 1.807) is 7.05 Å². The fourth-order valence-corrected chi connectivity index (χ4v) is 1.83. The Morgan fingerprint density at radius 1 is 1.19 bits per heavy atom. The molecule has 1 aromatic carbocycles. The number of anilines is 1. The van der Waals surface area contributed by atoms with Crippen LogP contribution in [0.4, 0.5) is 14.6 Å². The van der Waals surface area contributed by atoms with E-state index in [-0.39, 0.29) is 6.61 Å². The van der Waals surface area contributed by atoms with Gasteiger partial charge in [0, 0.05) is 25.1 Å². The van der Waals surface area contributed by atoms with E-state index in [0.29, 0.717) is 18.1 Å². The molecule has 0 amide bonds. The van der Waals surface area contributed by atoms with Crippen molar-refractivity contribution < 1.29 is 13.5 Å². The van der Waals surface area contributed by atoms with Gasteiger partial charge in [-0.25, -0.2) is 18.7 Å². The van der Waals surface area contributed by atoms with Crippen molar-refractivity contribution in [2.45, 2.75) is 12.8 Å². The molecule has 21 heavy (non-hydrogen) atoms. The van der Waals surface area contributed by atoms with E-state index < -0.39 is 13.0 Å². The lowest BCUT2D eigenvalue weighted by Crippen LogP contribution is -2.09. The van der Waals surface area contributed by atoms with Gasteiger partial charge in [-0.15, -0.1) is 0 Å². The molecule has 1 N–H and O–H groups in total. The molecule has 4 nitrogen and oxygen atoms in total. The fraction of sp³-hybridized carbons (Fsp3) is 0.333. The van der Waals surface area contributed by atoms with Gasteiger partial charge in [-0.1, -0.05) is 30.3 Å². The molecule has 0 bridgehead atoms. The third-order valence-electron chi connectivity index (χ3n) is 2.81. The summed E-state index contributed by atoms with van der Waals surface area (Å²) in [5.41, 5.74) is 1.77. The van der Waals surface area contributed by atoms with Gasteiger partial charge in [0.15, 0.2) is 0 Å². The molecule has 0 radical (unpaired) electrons. The van der Waals surface area contributed by atoms with Gasteiger partial charge in [0.2, 0.25) is 0 Å². The Bertz CT molecular complexity index is 564. The summed E-state index contributed by atoms with van der Waals surface area (Å²) in [6, 6.07) is 11.6. The highest BCUT2D eigenvalue weighted by Crippen LogP contribution is 2.19. The van der Waals surface area contributed by atoms with Gasteiger partial charge in [-0.3, -0.25) is 0 Å². The van der Waals surface area contributed by atoms with Gasteiger partial charge in [-0.05, 0) is 0 Å². The first-order chi connectivity index (χ1) is 10.2. The number of alkyl halides is 2. The molecule has 1 heterocycles. The number of halogens is 2. The van der Waals surface area contributed by atoms with Crippen molar-refractivity contribution in [1.82, 2.24) is 9.97 Å². The van der Waals surface area contributed by atoms with Crippen molar-refractivity contribution in [3.05, 3.63) is 42.2 Å². The minimum absolute atomic E-state index is 0.172. The molecule has 0 saturated carbocycles. The van der Waals surface area contributed by atoms with Crippen LogP contribution >= 0.6 is 0 Å². The zero-order chi connectivity index (χ0) is 15.1. The highest BCUT2D eigenvalue weighted by Gasteiger charge is 2.07. The van der Waals surface area contributed by atoms with Crippen molar-refractivity contribution >= 4 is 5.82 Å². The molecule has 0 fully saturated rings. The normalized spacial score (nSPS) is 10.9. The molecule has 0 aliphatic rings. The zero-order valence-electron chi connectivity index (χ0n) is 11.7. The van der Waals surface area contributed by atoms with Crippen LogP contribution < -0.4 is 5.32 Å². The third kappa shape index (κ3) is 4.75. The molecular formula is C15H17F2N3O. The average molecular weight is 293 g/mol. The minimum Gasteiger partial charge on any atom is -0.375 e. The molecule has 6 heteroatoms. The van der Waals surface area contributed by atoms with Crippen LogP contribution in [0.1, 0.15) is 5.82 Å². The van der Waals surface area contributed by atoms with Crippen LogP contribution in [0.2, 0.25) is 0 Å². The van der Waals surface area contributed by atoms with Crippen molar-refractivity contribution in [3.63, 3.8) is 0 Å². The maximum Gasteiger partial charge on any atom is 0.261 e. The number of nitrogens with one attached hydrogen (secondary N) is 1. The van der Waals surface area contributed by atoms with Crippen LogP contribution in [0, 0.1) is 0 Å². The highest BCUT2D eigenvalue weighted by atomic mass is 19.3. The number of nitrogens with zero attached hydrogens (tertiary/aromatic N) is 2. The number of aromatic nitrogens is 2. The smallest absolute Gasteiger partial charge is 0.261 e. The van der Waals surface area contributed by atoms with E-state index in [0.717, 1.165) is 11.3 Å². The Morgan fingerprint density at radius 2 is 1.95 bits per heavy atom. The van der Waals surface area contributed by atoms with E-state index in [2.05, 4.69) is 15.3 Å². The molecule has 0 atom stereocenters. The Labute approximate surface area is 122 Å². The topological polar surface area (TPSA) is 47.0 Å². The standard InChI is InChI=1S/C15H17F2N3O/c1-18-15-9-12(11-5-3-2-4-6-11)19-14(20-15)7-8-21-10-13(16)17/h2-6,9,13H,7-8,10H2,1H3,(H,18,19,20). The predicted molar refractivity (Wildman–Crippen MR) is 77.5 cm³/mol. The average Bonchev–Trinajstić information content (AvgIpc) is 2.52. The Morgan fingerprint density at radius 3 is 2.62 bits per heavy atom. The summed E-state index contributed by atoms with van der Waals surface area (Å²) in [6.07, 6.45) is -2.06. The van der Waals surface area contributed by atoms with Crippen molar-refractivity contribution in [1.29, 1.82) is 0 Å². The summed E-state index contributed by atoms with van der Waals surface area (Å²) in [4.78, 5) is 8.75. The van der Waals surface area contributed by atoms with Crippen molar-refractivity contribution in [2.24, 2.45) is 0 Å². The summed E-state index contributed by atoms with van der Waals surface area (Å²) in [5.74, 6) is 1.25. The lowest BCUT2D eigenvalue weighted by molar-refractivity contribution is 0.0183. The van der Waals surface area contributed by atoms with Crippen molar-refractivity contribution in [3.8, 4) is 11.3 Å². The molecule has 112 valence electrons. The quantitative estimate of drug-likeness (QED) is 0.797. The Hall–Kier alpha value is -2.08. The predicted octanol–water partition coefficient (Wildman–Crippen LogP) is 3.01. The van der Waals surface area contributed by atoms with Gasteiger partial charge >= 0.3 is 0 Å². The van der Waals surface area contributed by atoms with Gasteiger partial charge in [0.25, 0.3) is 6.43 Å². The van der Waals surface area contributed by atoms with E-state index in [1.807, 2.05) is 36.4 Å². The SMILES string of the molecule is CNc1cc(-c2ccccc2)nc(CCOCC(F)F)n1. The molecule has 0 saturated heterocycles. The Kier molecular flexibility index (Phi) is 5.57. The van der Waals surface area contributed by atoms with Gasteiger partial charge < -0.3 is 10.1 Å². The minimum atomic E-state index is -2.45. The molecule has 0 spiro atoms. The van der Waals surface area contributed by atoms with Gasteiger partial charge in [0.05, 0.1) is 12.3 Å². The zero-order valence-corrected chi connectivity index (χ0v) is 11.7. The van der Waals surface area contributed by atoms with E-state index >= 15 is 0 Å². The monoisotopic (exact) mass is 293 g/mol. The highest BCUT2D eigenvalue weighted by molar-refractivity contribution is 5.62. The molecule has 0 aliphatic carbocycles.